The molecule has 2 amide bonds. The molecule has 180 valence electrons. The normalized spacial score (nSPS) is 11.1. The number of aromatic nitrogens is 1. The molecule has 0 radical (unpaired) electrons. The standard InChI is InChI=1S/C22H19ClF3N3O4S/c23-17-4-2-1-3-14(17)9-10-27-21(31)18-13-34-20(29-18)11-28-19(30)12-32-15-5-7-16(8-6-15)33-22(24,25)26/h1-8,13H,9-12H2,(H,27,31)(H,28,30). The fraction of sp³-hybridized carbons (Fsp3) is 0.227. The summed E-state index contributed by atoms with van der Waals surface area (Å²) < 4.78 is 45.5. The lowest BCUT2D eigenvalue weighted by Gasteiger charge is -2.10. The molecular formula is C22H19ClF3N3O4S. The molecular weight excluding hydrogens is 495 g/mol. The lowest BCUT2D eigenvalue weighted by Crippen LogP contribution is -2.28. The van der Waals surface area contributed by atoms with Crippen LogP contribution >= 0.6 is 22.9 Å². The first-order chi connectivity index (χ1) is 16.2. The number of benzene rings is 2. The Labute approximate surface area is 201 Å². The summed E-state index contributed by atoms with van der Waals surface area (Å²) >= 11 is 7.31. The Bertz CT molecular complexity index is 1120. The molecule has 1 heterocycles. The number of carbonyl (C=O) groups is 2. The molecule has 34 heavy (non-hydrogen) atoms. The van der Waals surface area contributed by atoms with E-state index in [2.05, 4.69) is 20.4 Å². The average Bonchev–Trinajstić information content (AvgIpc) is 3.27. The van der Waals surface area contributed by atoms with Gasteiger partial charge in [0.25, 0.3) is 11.8 Å². The van der Waals surface area contributed by atoms with Crippen molar-refractivity contribution in [1.82, 2.24) is 15.6 Å². The monoisotopic (exact) mass is 513 g/mol. The van der Waals surface area contributed by atoms with E-state index in [9.17, 15) is 22.8 Å². The molecule has 0 saturated heterocycles. The van der Waals surface area contributed by atoms with Crippen LogP contribution in [0.25, 0.3) is 0 Å². The second kappa shape index (κ2) is 11.7. The van der Waals surface area contributed by atoms with Crippen molar-refractivity contribution in [3.63, 3.8) is 0 Å². The SMILES string of the molecule is O=C(COc1ccc(OC(F)(F)F)cc1)NCc1nc(C(=O)NCCc2ccccc2Cl)cs1. The third kappa shape index (κ3) is 8.23. The Balaban J connectivity index is 1.38. The third-order valence-electron chi connectivity index (χ3n) is 4.29. The van der Waals surface area contributed by atoms with E-state index < -0.39 is 18.0 Å². The molecule has 2 N–H and O–H groups in total. The Hall–Kier alpha value is -3.31. The molecule has 3 rings (SSSR count). The minimum atomic E-state index is -4.78. The van der Waals surface area contributed by atoms with E-state index in [1.807, 2.05) is 18.2 Å². The Kier molecular flexibility index (Phi) is 8.72. The maximum absolute atomic E-state index is 12.3. The topological polar surface area (TPSA) is 89.6 Å². The van der Waals surface area contributed by atoms with Gasteiger partial charge in [-0.05, 0) is 42.3 Å². The summed E-state index contributed by atoms with van der Waals surface area (Å²) in [7, 11) is 0. The van der Waals surface area contributed by atoms with Gasteiger partial charge in [-0.1, -0.05) is 29.8 Å². The fourth-order valence-electron chi connectivity index (χ4n) is 2.71. The predicted molar refractivity (Wildman–Crippen MR) is 120 cm³/mol. The number of amides is 2. The van der Waals surface area contributed by atoms with Crippen LogP contribution in [0.4, 0.5) is 13.2 Å². The highest BCUT2D eigenvalue weighted by molar-refractivity contribution is 7.09. The zero-order valence-corrected chi connectivity index (χ0v) is 19.1. The van der Waals surface area contributed by atoms with Gasteiger partial charge < -0.3 is 20.1 Å². The average molecular weight is 514 g/mol. The van der Waals surface area contributed by atoms with Gasteiger partial charge >= 0.3 is 6.36 Å². The molecule has 0 atom stereocenters. The number of nitrogens with one attached hydrogen (secondary N) is 2. The van der Waals surface area contributed by atoms with E-state index in [1.165, 1.54) is 23.5 Å². The number of thiazole rings is 1. The number of rotatable bonds is 10. The number of nitrogens with zero attached hydrogens (tertiary/aromatic N) is 1. The van der Waals surface area contributed by atoms with E-state index in [0.29, 0.717) is 23.0 Å². The van der Waals surface area contributed by atoms with Gasteiger partial charge in [-0.25, -0.2) is 4.98 Å². The van der Waals surface area contributed by atoms with Crippen LogP contribution in [0.1, 0.15) is 21.1 Å². The summed E-state index contributed by atoms with van der Waals surface area (Å²) in [6, 6.07) is 12.1. The summed E-state index contributed by atoms with van der Waals surface area (Å²) in [5, 5.41) is 8.13. The van der Waals surface area contributed by atoms with Crippen molar-refractivity contribution in [3.05, 3.63) is 75.2 Å². The van der Waals surface area contributed by atoms with E-state index in [0.717, 1.165) is 17.7 Å². The Morgan fingerprint density at radius 1 is 1.03 bits per heavy atom. The second-order valence-electron chi connectivity index (χ2n) is 6.81. The largest absolute Gasteiger partial charge is 0.573 e. The highest BCUT2D eigenvalue weighted by atomic mass is 35.5. The first kappa shape index (κ1) is 25.3. The number of hydrogen-bond donors (Lipinski definition) is 2. The molecule has 12 heteroatoms. The zero-order valence-electron chi connectivity index (χ0n) is 17.5. The molecule has 0 unspecified atom stereocenters. The predicted octanol–water partition coefficient (Wildman–Crippen LogP) is 4.36. The van der Waals surface area contributed by atoms with Crippen molar-refractivity contribution in [2.45, 2.75) is 19.3 Å². The molecule has 0 aliphatic heterocycles. The van der Waals surface area contributed by atoms with Crippen molar-refractivity contribution in [3.8, 4) is 11.5 Å². The second-order valence-corrected chi connectivity index (χ2v) is 8.16. The number of carbonyl (C=O) groups excluding carboxylic acids is 2. The number of alkyl halides is 3. The molecule has 0 spiro atoms. The van der Waals surface area contributed by atoms with Gasteiger partial charge in [0.05, 0.1) is 6.54 Å². The zero-order chi connectivity index (χ0) is 24.6. The molecule has 1 aromatic heterocycles. The van der Waals surface area contributed by atoms with E-state index in [1.54, 1.807) is 11.4 Å². The van der Waals surface area contributed by atoms with Gasteiger partial charge in [0.1, 0.15) is 22.2 Å². The van der Waals surface area contributed by atoms with E-state index in [-0.39, 0.29) is 30.5 Å². The van der Waals surface area contributed by atoms with Crippen LogP contribution < -0.4 is 20.1 Å². The number of ether oxygens (including phenoxy) is 2. The van der Waals surface area contributed by atoms with E-state index >= 15 is 0 Å². The molecule has 0 aliphatic carbocycles. The lowest BCUT2D eigenvalue weighted by molar-refractivity contribution is -0.274. The fourth-order valence-corrected chi connectivity index (χ4v) is 3.65. The van der Waals surface area contributed by atoms with Crippen molar-refractivity contribution >= 4 is 34.8 Å². The van der Waals surface area contributed by atoms with Gasteiger partial charge in [0.2, 0.25) is 0 Å². The van der Waals surface area contributed by atoms with Crippen LogP contribution in [0.2, 0.25) is 5.02 Å². The summed E-state index contributed by atoms with van der Waals surface area (Å²) in [6.07, 6.45) is -4.20. The molecule has 0 saturated carbocycles. The van der Waals surface area contributed by atoms with Gasteiger partial charge in [0, 0.05) is 16.9 Å². The molecule has 0 fully saturated rings. The summed E-state index contributed by atoms with van der Waals surface area (Å²) in [4.78, 5) is 28.4. The summed E-state index contributed by atoms with van der Waals surface area (Å²) in [5.74, 6) is -0.981. The minimum absolute atomic E-state index is 0.0954. The highest BCUT2D eigenvalue weighted by Gasteiger charge is 2.31. The van der Waals surface area contributed by atoms with E-state index in [4.69, 9.17) is 16.3 Å². The number of hydrogen-bond acceptors (Lipinski definition) is 6. The smallest absolute Gasteiger partial charge is 0.484 e. The quantitative estimate of drug-likeness (QED) is 0.420. The Morgan fingerprint density at radius 3 is 2.44 bits per heavy atom. The van der Waals surface area contributed by atoms with Crippen molar-refractivity contribution in [1.29, 1.82) is 0 Å². The summed E-state index contributed by atoms with van der Waals surface area (Å²) in [6.45, 7) is 0.144. The van der Waals surface area contributed by atoms with Crippen LogP contribution in [0.3, 0.4) is 0 Å². The van der Waals surface area contributed by atoms with Gasteiger partial charge in [0.15, 0.2) is 6.61 Å². The Morgan fingerprint density at radius 2 is 1.74 bits per heavy atom. The van der Waals surface area contributed by atoms with Crippen molar-refractivity contribution in [2.24, 2.45) is 0 Å². The lowest BCUT2D eigenvalue weighted by atomic mass is 10.1. The van der Waals surface area contributed by atoms with Gasteiger partial charge in [-0.3, -0.25) is 9.59 Å². The minimum Gasteiger partial charge on any atom is -0.484 e. The molecule has 3 aromatic rings. The number of halogens is 4. The molecule has 7 nitrogen and oxygen atoms in total. The maximum Gasteiger partial charge on any atom is 0.573 e. The van der Waals surface area contributed by atoms with Crippen LogP contribution in [0.5, 0.6) is 11.5 Å². The van der Waals surface area contributed by atoms with Gasteiger partial charge in [-0.15, -0.1) is 24.5 Å². The maximum atomic E-state index is 12.3. The van der Waals surface area contributed by atoms with Crippen molar-refractivity contribution < 1.29 is 32.2 Å². The highest BCUT2D eigenvalue weighted by Crippen LogP contribution is 2.24. The first-order valence-corrected chi connectivity index (χ1v) is 11.2. The third-order valence-corrected chi connectivity index (χ3v) is 5.50. The first-order valence-electron chi connectivity index (χ1n) is 9.91. The van der Waals surface area contributed by atoms with Crippen LogP contribution in [0.15, 0.2) is 53.9 Å². The van der Waals surface area contributed by atoms with Gasteiger partial charge in [-0.2, -0.15) is 0 Å². The van der Waals surface area contributed by atoms with Crippen LogP contribution in [0, 0.1) is 0 Å². The molecule has 0 aliphatic rings. The van der Waals surface area contributed by atoms with Crippen molar-refractivity contribution in [2.75, 3.05) is 13.2 Å². The molecule has 0 bridgehead atoms. The van der Waals surface area contributed by atoms with Crippen LogP contribution in [-0.2, 0) is 17.8 Å². The molecule has 2 aromatic carbocycles. The summed E-state index contributed by atoms with van der Waals surface area (Å²) in [5.41, 5.74) is 1.17. The van der Waals surface area contributed by atoms with Crippen LogP contribution in [-0.4, -0.2) is 36.3 Å².